The molecule has 2 aliphatic heterocycles. The first-order valence-electron chi connectivity index (χ1n) is 10.1. The van der Waals surface area contributed by atoms with Gasteiger partial charge in [-0.3, -0.25) is 4.99 Å². The summed E-state index contributed by atoms with van der Waals surface area (Å²) in [5.74, 6) is 0.976. The number of ether oxygens (including phenoxy) is 2. The van der Waals surface area contributed by atoms with Crippen LogP contribution in [0.1, 0.15) is 24.8 Å². The van der Waals surface area contributed by atoms with Crippen LogP contribution in [0.3, 0.4) is 0 Å². The average Bonchev–Trinajstić information content (AvgIpc) is 3.23. The second-order valence-corrected chi connectivity index (χ2v) is 7.55. The zero-order valence-corrected chi connectivity index (χ0v) is 17.0. The molecule has 150 valence electrons. The topological polar surface area (TPSA) is 49.3 Å². The largest absolute Gasteiger partial charge is 0.378 e. The fourth-order valence-corrected chi connectivity index (χ4v) is 3.77. The highest BCUT2D eigenvalue weighted by Crippen LogP contribution is 2.21. The number of benzene rings is 1. The van der Waals surface area contributed by atoms with Crippen molar-refractivity contribution in [2.75, 3.05) is 58.9 Å². The normalized spacial score (nSPS) is 23.5. The number of rotatable bonds is 6. The Labute approximate surface area is 163 Å². The molecule has 0 radical (unpaired) electrons. The number of morpholine rings is 1. The highest BCUT2D eigenvalue weighted by molar-refractivity contribution is 5.80. The Morgan fingerprint density at radius 1 is 1.19 bits per heavy atom. The molecule has 0 spiro atoms. The molecule has 2 fully saturated rings. The lowest BCUT2D eigenvalue weighted by Gasteiger charge is -2.37. The number of guanidine groups is 1. The minimum atomic E-state index is 0.162. The van der Waals surface area contributed by atoms with Gasteiger partial charge in [0.1, 0.15) is 6.10 Å². The zero-order chi connectivity index (χ0) is 19.1. The van der Waals surface area contributed by atoms with Crippen LogP contribution >= 0.6 is 0 Å². The minimum Gasteiger partial charge on any atom is -0.378 e. The number of nitrogens with one attached hydrogen (secondary N) is 1. The van der Waals surface area contributed by atoms with Crippen molar-refractivity contribution in [2.24, 2.45) is 4.99 Å². The Morgan fingerprint density at radius 2 is 1.96 bits per heavy atom. The fourth-order valence-electron chi connectivity index (χ4n) is 3.77. The van der Waals surface area contributed by atoms with E-state index in [0.717, 1.165) is 64.5 Å². The fraction of sp³-hybridized carbons (Fsp3) is 0.667. The molecule has 2 atom stereocenters. The first-order valence-corrected chi connectivity index (χ1v) is 10.1. The molecule has 1 N–H and O–H groups in total. The molecule has 0 saturated carbocycles. The summed E-state index contributed by atoms with van der Waals surface area (Å²) in [6, 6.07) is 8.80. The summed E-state index contributed by atoms with van der Waals surface area (Å²) in [4.78, 5) is 8.91. The van der Waals surface area contributed by atoms with E-state index in [9.17, 15) is 0 Å². The predicted octanol–water partition coefficient (Wildman–Crippen LogP) is 2.14. The molecule has 2 saturated heterocycles. The van der Waals surface area contributed by atoms with Gasteiger partial charge in [0, 0.05) is 53.1 Å². The third-order valence-corrected chi connectivity index (χ3v) is 5.36. The van der Waals surface area contributed by atoms with Crippen molar-refractivity contribution in [3.05, 3.63) is 29.8 Å². The Hall–Kier alpha value is -1.79. The summed E-state index contributed by atoms with van der Waals surface area (Å²) in [7, 11) is 6.00. The van der Waals surface area contributed by atoms with Gasteiger partial charge in [0.25, 0.3) is 0 Å². The van der Waals surface area contributed by atoms with Crippen molar-refractivity contribution in [2.45, 2.75) is 37.9 Å². The van der Waals surface area contributed by atoms with Crippen LogP contribution in [0, 0.1) is 0 Å². The van der Waals surface area contributed by atoms with E-state index in [1.165, 1.54) is 11.3 Å². The molecular formula is C21H34N4O2. The lowest BCUT2D eigenvalue weighted by molar-refractivity contribution is -0.0816. The molecule has 2 unspecified atom stereocenters. The van der Waals surface area contributed by atoms with E-state index in [-0.39, 0.29) is 12.2 Å². The monoisotopic (exact) mass is 374 g/mol. The molecule has 1 aromatic rings. The first kappa shape index (κ1) is 20.0. The van der Waals surface area contributed by atoms with Crippen molar-refractivity contribution < 1.29 is 9.47 Å². The van der Waals surface area contributed by atoms with E-state index >= 15 is 0 Å². The molecular weight excluding hydrogens is 340 g/mol. The van der Waals surface area contributed by atoms with Crippen LogP contribution in [0.2, 0.25) is 0 Å². The molecule has 0 aliphatic carbocycles. The van der Waals surface area contributed by atoms with Gasteiger partial charge in [-0.05, 0) is 43.4 Å². The number of aryl methyl sites for hydroxylation is 1. The van der Waals surface area contributed by atoms with Gasteiger partial charge in [0.2, 0.25) is 0 Å². The van der Waals surface area contributed by atoms with Gasteiger partial charge in [-0.25, -0.2) is 0 Å². The molecule has 2 heterocycles. The third kappa shape index (κ3) is 5.59. The summed E-state index contributed by atoms with van der Waals surface area (Å²) < 4.78 is 11.8. The first-order chi connectivity index (χ1) is 13.2. The van der Waals surface area contributed by atoms with Crippen LogP contribution in [0.4, 0.5) is 5.69 Å². The van der Waals surface area contributed by atoms with Crippen LogP contribution in [0.5, 0.6) is 0 Å². The number of aliphatic imine (C=N–C) groups is 1. The lowest BCUT2D eigenvalue weighted by atomic mass is 10.1. The molecule has 0 amide bonds. The van der Waals surface area contributed by atoms with Crippen LogP contribution < -0.4 is 10.2 Å². The van der Waals surface area contributed by atoms with Crippen LogP contribution in [-0.4, -0.2) is 77.1 Å². The number of nitrogens with zero attached hydrogens (tertiary/aromatic N) is 3. The molecule has 0 aromatic heterocycles. The quantitative estimate of drug-likeness (QED) is 0.470. The second kappa shape index (κ2) is 9.95. The highest BCUT2D eigenvalue weighted by atomic mass is 16.5. The lowest BCUT2D eigenvalue weighted by Crippen LogP contribution is -2.53. The Bertz CT molecular complexity index is 597. The Balaban J connectivity index is 1.42. The van der Waals surface area contributed by atoms with E-state index in [2.05, 4.69) is 58.5 Å². The molecule has 6 nitrogen and oxygen atoms in total. The van der Waals surface area contributed by atoms with Gasteiger partial charge < -0.3 is 24.6 Å². The molecule has 1 aromatic carbocycles. The standard InChI is InChI=1S/C21H34N4O2/c1-22-21(25-13-15-27-20(16-25)19-7-5-14-26-19)23-12-4-6-17-8-10-18(11-9-17)24(2)3/h8-11,19-20H,4-7,12-16H2,1-3H3,(H,22,23). The van der Waals surface area contributed by atoms with E-state index in [1.807, 2.05) is 7.05 Å². The van der Waals surface area contributed by atoms with Crippen molar-refractivity contribution >= 4 is 11.6 Å². The number of anilines is 1. The summed E-state index contributed by atoms with van der Waals surface area (Å²) >= 11 is 0. The Morgan fingerprint density at radius 3 is 2.63 bits per heavy atom. The Kier molecular flexibility index (Phi) is 7.35. The van der Waals surface area contributed by atoms with Gasteiger partial charge in [-0.15, -0.1) is 0 Å². The van der Waals surface area contributed by atoms with E-state index in [0.29, 0.717) is 0 Å². The van der Waals surface area contributed by atoms with Crippen molar-refractivity contribution in [3.63, 3.8) is 0 Å². The summed E-state index contributed by atoms with van der Waals surface area (Å²) in [5.41, 5.74) is 2.62. The summed E-state index contributed by atoms with van der Waals surface area (Å²) in [6.07, 6.45) is 4.81. The van der Waals surface area contributed by atoms with Gasteiger partial charge in [0.15, 0.2) is 5.96 Å². The number of hydrogen-bond acceptors (Lipinski definition) is 4. The maximum absolute atomic E-state index is 5.94. The minimum absolute atomic E-state index is 0.162. The van der Waals surface area contributed by atoms with Gasteiger partial charge in [-0.1, -0.05) is 12.1 Å². The maximum atomic E-state index is 5.94. The second-order valence-electron chi connectivity index (χ2n) is 7.55. The average molecular weight is 375 g/mol. The van der Waals surface area contributed by atoms with Crippen LogP contribution in [-0.2, 0) is 15.9 Å². The molecule has 3 rings (SSSR count). The maximum Gasteiger partial charge on any atom is 0.193 e. The molecule has 0 bridgehead atoms. The smallest absolute Gasteiger partial charge is 0.193 e. The SMILES string of the molecule is CN=C(NCCCc1ccc(N(C)C)cc1)N1CCOC(C2CCCO2)C1. The van der Waals surface area contributed by atoms with Crippen LogP contribution in [0.15, 0.2) is 29.3 Å². The third-order valence-electron chi connectivity index (χ3n) is 5.36. The molecule has 2 aliphatic rings. The van der Waals surface area contributed by atoms with Gasteiger partial charge in [0.05, 0.1) is 12.7 Å². The summed E-state index contributed by atoms with van der Waals surface area (Å²) in [5, 5.41) is 3.52. The van der Waals surface area contributed by atoms with Crippen molar-refractivity contribution in [1.82, 2.24) is 10.2 Å². The van der Waals surface area contributed by atoms with E-state index < -0.39 is 0 Å². The predicted molar refractivity (Wildman–Crippen MR) is 111 cm³/mol. The van der Waals surface area contributed by atoms with Crippen molar-refractivity contribution in [3.8, 4) is 0 Å². The molecule has 27 heavy (non-hydrogen) atoms. The van der Waals surface area contributed by atoms with E-state index in [1.54, 1.807) is 0 Å². The highest BCUT2D eigenvalue weighted by Gasteiger charge is 2.32. The number of hydrogen-bond donors (Lipinski definition) is 1. The van der Waals surface area contributed by atoms with Gasteiger partial charge in [-0.2, -0.15) is 0 Å². The van der Waals surface area contributed by atoms with E-state index in [4.69, 9.17) is 9.47 Å². The summed E-state index contributed by atoms with van der Waals surface area (Å²) in [6.45, 7) is 4.27. The van der Waals surface area contributed by atoms with Crippen molar-refractivity contribution in [1.29, 1.82) is 0 Å². The molecule has 6 heteroatoms. The zero-order valence-electron chi connectivity index (χ0n) is 17.0. The van der Waals surface area contributed by atoms with Gasteiger partial charge >= 0.3 is 0 Å². The van der Waals surface area contributed by atoms with Crippen LogP contribution in [0.25, 0.3) is 0 Å².